The third-order valence-electron chi connectivity index (χ3n) is 2.73. The molecule has 0 aliphatic heterocycles. The summed E-state index contributed by atoms with van der Waals surface area (Å²) in [6, 6.07) is 9.35. The Labute approximate surface area is 131 Å². The zero-order chi connectivity index (χ0) is 14.3. The van der Waals surface area contributed by atoms with E-state index in [1.165, 1.54) is 6.92 Å². The van der Waals surface area contributed by atoms with Gasteiger partial charge in [0.1, 0.15) is 11.0 Å². The Hall–Kier alpha value is -1.53. The first kappa shape index (κ1) is 13.5. The molecule has 3 rings (SSSR count). The van der Waals surface area contributed by atoms with Crippen LogP contribution in [0.5, 0.6) is 5.75 Å². The van der Waals surface area contributed by atoms with Gasteiger partial charge in [0.25, 0.3) is 0 Å². The molecule has 1 heterocycles. The number of aromatic nitrogens is 2. The molecule has 0 N–H and O–H groups in total. The van der Waals surface area contributed by atoms with Crippen molar-refractivity contribution >= 4 is 59.9 Å². The van der Waals surface area contributed by atoms with Gasteiger partial charge in [-0.3, -0.25) is 4.79 Å². The Kier molecular flexibility index (Phi) is 3.43. The normalized spacial score (nSPS) is 10.9. The fourth-order valence-corrected chi connectivity index (χ4v) is 3.23. The molecule has 100 valence electrons. The zero-order valence-electron chi connectivity index (χ0n) is 10.4. The van der Waals surface area contributed by atoms with Gasteiger partial charge >= 0.3 is 5.97 Å². The lowest BCUT2D eigenvalue weighted by Crippen LogP contribution is -2.04. The number of carbonyl (C=O) groups is 1. The molecule has 2 aromatic carbocycles. The Bertz CT molecular complexity index is 849. The van der Waals surface area contributed by atoms with Crippen LogP contribution in [0.1, 0.15) is 6.92 Å². The molecule has 0 amide bonds. The van der Waals surface area contributed by atoms with Gasteiger partial charge in [-0.05, 0) is 50.1 Å². The third kappa shape index (κ3) is 2.29. The highest BCUT2D eigenvalue weighted by atomic mass is 79.9. The summed E-state index contributed by atoms with van der Waals surface area (Å²) < 4.78 is 6.69. The second kappa shape index (κ2) is 5.10. The molecule has 0 unspecified atom stereocenters. The van der Waals surface area contributed by atoms with E-state index < -0.39 is 5.97 Å². The van der Waals surface area contributed by atoms with Crippen LogP contribution in [0.25, 0.3) is 22.1 Å². The van der Waals surface area contributed by atoms with E-state index in [0.717, 1.165) is 15.5 Å². The molecule has 0 spiro atoms. The molecule has 0 saturated carbocycles. The summed E-state index contributed by atoms with van der Waals surface area (Å²) in [5.74, 6) is -0.0155. The summed E-state index contributed by atoms with van der Waals surface area (Å²) >= 11 is 6.85. The van der Waals surface area contributed by atoms with Gasteiger partial charge in [0.2, 0.25) is 0 Å². The predicted molar refractivity (Wildman–Crippen MR) is 83.8 cm³/mol. The van der Waals surface area contributed by atoms with Crippen molar-refractivity contribution in [3.8, 4) is 5.75 Å². The summed E-state index contributed by atoms with van der Waals surface area (Å²) in [5.41, 5.74) is 2.73. The van der Waals surface area contributed by atoms with Crippen LogP contribution in [-0.2, 0) is 4.79 Å². The minimum Gasteiger partial charge on any atom is -0.423 e. The molecule has 4 nitrogen and oxygen atoms in total. The average Bonchev–Trinajstić information content (AvgIpc) is 2.41. The van der Waals surface area contributed by atoms with Gasteiger partial charge in [-0.15, -0.1) is 0 Å². The fourth-order valence-electron chi connectivity index (χ4n) is 1.92. The minimum absolute atomic E-state index is 0.383. The van der Waals surface area contributed by atoms with Crippen molar-refractivity contribution in [3.05, 3.63) is 39.3 Å². The van der Waals surface area contributed by atoms with Crippen LogP contribution < -0.4 is 4.74 Å². The Morgan fingerprint density at radius 3 is 2.25 bits per heavy atom. The van der Waals surface area contributed by atoms with E-state index in [-0.39, 0.29) is 0 Å². The van der Waals surface area contributed by atoms with Crippen molar-refractivity contribution in [1.82, 2.24) is 9.97 Å². The highest BCUT2D eigenvalue weighted by molar-refractivity contribution is 9.11. The van der Waals surface area contributed by atoms with Gasteiger partial charge < -0.3 is 4.74 Å². The molecule has 6 heteroatoms. The predicted octanol–water partition coefficient (Wildman–Crippen LogP) is 4.23. The van der Waals surface area contributed by atoms with E-state index in [2.05, 4.69) is 41.8 Å². The van der Waals surface area contributed by atoms with Crippen molar-refractivity contribution in [3.63, 3.8) is 0 Å². The smallest absolute Gasteiger partial charge is 0.308 e. The molecule has 0 atom stereocenters. The van der Waals surface area contributed by atoms with Crippen LogP contribution in [0.3, 0.4) is 0 Å². The molecule has 3 aromatic rings. The first-order chi connectivity index (χ1) is 9.56. The number of benzene rings is 2. The number of hydrogen-bond donors (Lipinski definition) is 0. The van der Waals surface area contributed by atoms with Crippen molar-refractivity contribution < 1.29 is 9.53 Å². The maximum Gasteiger partial charge on any atom is 0.308 e. The summed E-state index contributed by atoms with van der Waals surface area (Å²) in [6.45, 7) is 1.36. The lowest BCUT2D eigenvalue weighted by Gasteiger charge is -2.10. The maximum atomic E-state index is 11.3. The molecule has 0 aliphatic carbocycles. The lowest BCUT2D eigenvalue weighted by molar-refractivity contribution is -0.131. The Morgan fingerprint density at radius 2 is 1.65 bits per heavy atom. The molecule has 0 saturated heterocycles. The SMILES string of the molecule is CC(=O)Oc1c(Br)cc(Br)c2nc3ccccc3nc12. The first-order valence-electron chi connectivity index (χ1n) is 5.79. The zero-order valence-corrected chi connectivity index (χ0v) is 13.5. The minimum atomic E-state index is -0.399. The van der Waals surface area contributed by atoms with Crippen molar-refractivity contribution in [2.45, 2.75) is 6.92 Å². The van der Waals surface area contributed by atoms with E-state index in [1.54, 1.807) is 6.07 Å². The monoisotopic (exact) mass is 394 g/mol. The molecule has 0 fully saturated rings. The van der Waals surface area contributed by atoms with E-state index in [9.17, 15) is 4.79 Å². The number of ether oxygens (including phenoxy) is 1. The number of hydrogen-bond acceptors (Lipinski definition) is 4. The average molecular weight is 396 g/mol. The summed E-state index contributed by atoms with van der Waals surface area (Å²) in [6.07, 6.45) is 0. The number of nitrogens with zero attached hydrogens (tertiary/aromatic N) is 2. The van der Waals surface area contributed by atoms with E-state index in [1.807, 2.05) is 24.3 Å². The highest BCUT2D eigenvalue weighted by Gasteiger charge is 2.16. The van der Waals surface area contributed by atoms with Gasteiger partial charge in [-0.25, -0.2) is 9.97 Å². The van der Waals surface area contributed by atoms with Crippen molar-refractivity contribution in [2.75, 3.05) is 0 Å². The topological polar surface area (TPSA) is 52.1 Å². The van der Waals surface area contributed by atoms with Crippen LogP contribution in [0.4, 0.5) is 0 Å². The number of fused-ring (bicyclic) bond motifs is 2. The van der Waals surface area contributed by atoms with Crippen molar-refractivity contribution in [1.29, 1.82) is 0 Å². The van der Waals surface area contributed by atoms with Crippen LogP contribution in [0.2, 0.25) is 0 Å². The lowest BCUT2D eigenvalue weighted by atomic mass is 10.2. The Morgan fingerprint density at radius 1 is 1.05 bits per heavy atom. The number of rotatable bonds is 1. The summed E-state index contributed by atoms with van der Waals surface area (Å²) in [7, 11) is 0. The first-order valence-corrected chi connectivity index (χ1v) is 7.38. The van der Waals surface area contributed by atoms with Crippen LogP contribution in [-0.4, -0.2) is 15.9 Å². The van der Waals surface area contributed by atoms with E-state index in [0.29, 0.717) is 21.3 Å². The van der Waals surface area contributed by atoms with Gasteiger partial charge in [0, 0.05) is 11.4 Å². The van der Waals surface area contributed by atoms with Gasteiger partial charge in [0.15, 0.2) is 5.75 Å². The quantitative estimate of drug-likeness (QED) is 0.351. The number of para-hydroxylation sites is 2. The van der Waals surface area contributed by atoms with Gasteiger partial charge in [0.05, 0.1) is 15.5 Å². The third-order valence-corrected chi connectivity index (χ3v) is 3.92. The summed E-state index contributed by atoms with van der Waals surface area (Å²) in [4.78, 5) is 20.4. The molecule has 0 aliphatic rings. The number of halogens is 2. The second-order valence-electron chi connectivity index (χ2n) is 4.17. The molecule has 1 aromatic heterocycles. The van der Waals surface area contributed by atoms with Crippen LogP contribution in [0, 0.1) is 0 Å². The van der Waals surface area contributed by atoms with E-state index in [4.69, 9.17) is 4.74 Å². The molecule has 20 heavy (non-hydrogen) atoms. The molecular formula is C14H8Br2N2O2. The largest absolute Gasteiger partial charge is 0.423 e. The fraction of sp³-hybridized carbons (Fsp3) is 0.0714. The second-order valence-corrected chi connectivity index (χ2v) is 5.88. The Balaban J connectivity index is 2.43. The molecule has 0 bridgehead atoms. The number of carbonyl (C=O) groups excluding carboxylic acids is 1. The standard InChI is InChI=1S/C14H8Br2N2O2/c1-7(19)20-14-9(16)6-8(15)12-13(14)18-11-5-3-2-4-10(11)17-12/h2-6H,1H3. The summed E-state index contributed by atoms with van der Waals surface area (Å²) in [5, 5.41) is 0. The molecular weight excluding hydrogens is 388 g/mol. The van der Waals surface area contributed by atoms with Gasteiger partial charge in [-0.1, -0.05) is 12.1 Å². The van der Waals surface area contributed by atoms with Crippen molar-refractivity contribution in [2.24, 2.45) is 0 Å². The molecule has 0 radical (unpaired) electrons. The van der Waals surface area contributed by atoms with E-state index >= 15 is 0 Å². The van der Waals surface area contributed by atoms with Gasteiger partial charge in [-0.2, -0.15) is 0 Å². The van der Waals surface area contributed by atoms with Crippen LogP contribution >= 0.6 is 31.9 Å². The van der Waals surface area contributed by atoms with Crippen LogP contribution in [0.15, 0.2) is 39.3 Å². The highest BCUT2D eigenvalue weighted by Crippen LogP contribution is 2.37. The number of esters is 1. The maximum absolute atomic E-state index is 11.3.